The van der Waals surface area contributed by atoms with Crippen LogP contribution in [0.5, 0.6) is 0 Å². The van der Waals surface area contributed by atoms with Gasteiger partial charge in [-0.25, -0.2) is 19.9 Å². The van der Waals surface area contributed by atoms with Crippen molar-refractivity contribution in [1.82, 2.24) is 45.1 Å². The summed E-state index contributed by atoms with van der Waals surface area (Å²) in [6.07, 6.45) is 6.65. The normalized spacial score (nSPS) is 20.5. The van der Waals surface area contributed by atoms with E-state index in [4.69, 9.17) is 31.8 Å². The van der Waals surface area contributed by atoms with Crippen LogP contribution in [0.3, 0.4) is 0 Å². The Bertz CT molecular complexity index is 2770. The maximum Gasteiger partial charge on any atom is 0.243 e. The van der Waals surface area contributed by atoms with Gasteiger partial charge < -0.3 is 45.4 Å². The first-order valence-corrected chi connectivity index (χ1v) is 28.4. The number of likely N-dealkylation sites (tertiary alicyclic amines) is 1. The Morgan fingerprint density at radius 3 is 2.33 bits per heavy atom. The van der Waals surface area contributed by atoms with Crippen molar-refractivity contribution in [3.05, 3.63) is 87.7 Å². The number of pyridine rings is 1. The van der Waals surface area contributed by atoms with E-state index in [1.165, 1.54) is 16.7 Å². The molecule has 8 heterocycles. The van der Waals surface area contributed by atoms with Gasteiger partial charge in [0, 0.05) is 94.9 Å². The molecule has 0 radical (unpaired) electrons. The number of anilines is 2. The Kier molecular flexibility index (Phi) is 17.4. The highest BCUT2D eigenvalue weighted by atomic mass is 35.5. The van der Waals surface area contributed by atoms with Gasteiger partial charge in [-0.15, -0.1) is 11.3 Å². The van der Waals surface area contributed by atoms with Gasteiger partial charge in [-0.05, 0) is 81.0 Å². The summed E-state index contributed by atoms with van der Waals surface area (Å²) in [5.74, 6) is 0.537. The number of aryl methyl sites for hydroxylation is 2. The molecule has 4 saturated heterocycles. The number of piperazine rings is 1. The number of amides is 3. The predicted molar refractivity (Wildman–Crippen MR) is 291 cm³/mol. The van der Waals surface area contributed by atoms with Crippen molar-refractivity contribution in [2.45, 2.75) is 114 Å². The van der Waals surface area contributed by atoms with Crippen LogP contribution in [0.15, 0.2) is 68.7 Å². The lowest BCUT2D eigenvalue weighted by atomic mass is 9.80. The number of nitrogens with one attached hydrogen (secondary N) is 1. The number of hydrogen-bond acceptors (Lipinski definition) is 17. The fourth-order valence-electron chi connectivity index (χ4n) is 11.0. The van der Waals surface area contributed by atoms with Crippen LogP contribution in [-0.4, -0.2) is 152 Å². The zero-order chi connectivity index (χ0) is 53.0. The van der Waals surface area contributed by atoms with Crippen molar-refractivity contribution in [2.24, 2.45) is 23.0 Å². The summed E-state index contributed by atoms with van der Waals surface area (Å²) in [6, 6.07) is 10.6. The summed E-state index contributed by atoms with van der Waals surface area (Å²) in [5.41, 5.74) is 12.1. The van der Waals surface area contributed by atoms with Crippen molar-refractivity contribution in [3.8, 4) is 10.4 Å². The summed E-state index contributed by atoms with van der Waals surface area (Å²) >= 11 is 10.0. The second kappa shape index (κ2) is 24.0. The van der Waals surface area contributed by atoms with E-state index in [1.807, 2.05) is 49.4 Å². The van der Waals surface area contributed by atoms with Gasteiger partial charge in [0.2, 0.25) is 17.7 Å². The fourth-order valence-corrected chi connectivity index (χ4v) is 13.0. The zero-order valence-corrected chi connectivity index (χ0v) is 46.0. The largest absolute Gasteiger partial charge is 0.391 e. The minimum atomic E-state index is -0.858. The molecule has 4 aromatic heterocycles. The number of piperidine rings is 2. The van der Waals surface area contributed by atoms with Gasteiger partial charge in [0.15, 0.2) is 5.82 Å². The lowest BCUT2D eigenvalue weighted by Gasteiger charge is -2.39. The van der Waals surface area contributed by atoms with Crippen molar-refractivity contribution in [3.63, 3.8) is 0 Å². The Morgan fingerprint density at radius 1 is 0.973 bits per heavy atom. The molecule has 4 aliphatic heterocycles. The molecule has 4 fully saturated rings. The van der Waals surface area contributed by atoms with Gasteiger partial charge in [-0.1, -0.05) is 73.6 Å². The number of thiazole rings is 1. The molecule has 0 aliphatic carbocycles. The minimum Gasteiger partial charge on any atom is -0.391 e. The molecule has 18 nitrogen and oxygen atoms in total. The number of β-amino-alcohol motifs (C(OH)–C–C–N with tert-alkyl or cyclic N) is 1. The van der Waals surface area contributed by atoms with Gasteiger partial charge in [0.1, 0.15) is 34.3 Å². The summed E-state index contributed by atoms with van der Waals surface area (Å²) < 4.78 is 5.55. The van der Waals surface area contributed by atoms with E-state index in [0.717, 1.165) is 52.5 Å². The molecule has 9 rings (SSSR count). The van der Waals surface area contributed by atoms with Gasteiger partial charge >= 0.3 is 0 Å². The van der Waals surface area contributed by atoms with Crippen LogP contribution in [0.2, 0.25) is 5.02 Å². The maximum atomic E-state index is 14.4. The molecule has 4 atom stereocenters. The number of carbonyl (C=O) groups excluding carboxylic acids is 3. The first-order valence-electron chi connectivity index (χ1n) is 26.3. The summed E-state index contributed by atoms with van der Waals surface area (Å²) in [6.45, 7) is 16.6. The Hall–Kier alpha value is -5.22. The number of aliphatic hydroxyl groups is 2. The van der Waals surface area contributed by atoms with Crippen LogP contribution in [0.4, 0.5) is 11.6 Å². The fraction of sp³-hybridized carbons (Fsp3) is 0.556. The molecule has 0 saturated carbocycles. The number of carbonyl (C=O) groups is 3. The highest BCUT2D eigenvalue weighted by molar-refractivity contribution is 7.99. The Morgan fingerprint density at radius 2 is 1.69 bits per heavy atom. The summed E-state index contributed by atoms with van der Waals surface area (Å²) in [4.78, 5) is 73.3. The van der Waals surface area contributed by atoms with Crippen LogP contribution in [-0.2, 0) is 21.0 Å². The molecule has 0 bridgehead atoms. The number of hydrogen-bond donors (Lipinski definition) is 4. The first-order chi connectivity index (χ1) is 36.1. The van der Waals surface area contributed by atoms with Gasteiger partial charge in [-0.2, -0.15) is 0 Å². The number of halogens is 1. The SMILES string of the molecule is Cc1cc([C@H](C(=O)N2C[C@H](O)C[C@H]2C(=O)N[C@@H](CCN2CCN(C(=O)C3CCN(c4nccc(Sc5cnc(N6CCC(C)(CN)CC6)c(CO)n5)c4Cl)CC3)CC2)c2ccc(-c3scnc3C)cc2)C(C)C)on1. The van der Waals surface area contributed by atoms with Gasteiger partial charge in [0.25, 0.3) is 0 Å². The van der Waals surface area contributed by atoms with Crippen molar-refractivity contribution < 1.29 is 29.1 Å². The molecule has 21 heteroatoms. The topological polar surface area (TPSA) is 224 Å². The summed E-state index contributed by atoms with van der Waals surface area (Å²) in [5, 5.41) is 29.6. The van der Waals surface area contributed by atoms with Crippen molar-refractivity contribution >= 4 is 64.1 Å². The number of rotatable bonds is 17. The standard InChI is InChI=1S/C54H71ClN12O6S2/c1-33(2)46(43-26-34(3)62-73-43)53(72)67-29-39(69)27-42(67)51(70)61-40(36-6-8-37(9-7-36)48-35(4)59-32-74-48)13-17-63-22-24-66(25-23-63)52(71)38-11-18-64(19-12-38)50-47(55)44(10-16-57-50)75-45-28-58-49(41(30-68)60-45)65-20-14-54(5,31-56)15-21-65/h6-10,16,26,28,32-33,38-40,42,46,68-69H,11-15,17-25,27,29-31,56H2,1-5H3,(H,61,70)/t39-,40+,42+,46-/m1/s1. The molecule has 402 valence electrons. The monoisotopic (exact) mass is 1080 g/mol. The van der Waals surface area contributed by atoms with Crippen LogP contribution in [0, 0.1) is 31.1 Å². The molecule has 0 unspecified atom stereocenters. The third-order valence-electron chi connectivity index (χ3n) is 15.7. The molecule has 5 N–H and O–H groups in total. The van der Waals surface area contributed by atoms with Crippen LogP contribution in [0.1, 0.15) is 99.7 Å². The van der Waals surface area contributed by atoms with Gasteiger partial charge in [-0.3, -0.25) is 19.3 Å². The third-order valence-corrected chi connectivity index (χ3v) is 18.1. The smallest absolute Gasteiger partial charge is 0.243 e. The van der Waals surface area contributed by atoms with E-state index in [9.17, 15) is 24.6 Å². The molecule has 4 aliphatic rings. The van der Waals surface area contributed by atoms with Gasteiger partial charge in [0.05, 0.1) is 51.7 Å². The maximum absolute atomic E-state index is 14.4. The lowest BCUT2D eigenvalue weighted by Crippen LogP contribution is -2.52. The molecule has 1 aromatic carbocycles. The molecule has 0 spiro atoms. The summed E-state index contributed by atoms with van der Waals surface area (Å²) in [7, 11) is 0. The molecule has 5 aromatic rings. The third kappa shape index (κ3) is 12.5. The lowest BCUT2D eigenvalue weighted by molar-refractivity contribution is -0.141. The second-order valence-electron chi connectivity index (χ2n) is 21.3. The van der Waals surface area contributed by atoms with Crippen LogP contribution < -0.4 is 20.9 Å². The van der Waals surface area contributed by atoms with Crippen LogP contribution in [0.25, 0.3) is 10.4 Å². The van der Waals surface area contributed by atoms with E-state index in [-0.39, 0.29) is 60.6 Å². The number of aliphatic hydroxyl groups excluding tert-OH is 2. The first kappa shape index (κ1) is 54.6. The van der Waals surface area contributed by atoms with E-state index in [1.54, 1.807) is 36.7 Å². The molecular weight excluding hydrogens is 1010 g/mol. The van der Waals surface area contributed by atoms with E-state index >= 15 is 0 Å². The second-order valence-corrected chi connectivity index (χ2v) is 23.6. The zero-order valence-electron chi connectivity index (χ0n) is 43.7. The van der Waals surface area contributed by atoms with Crippen LogP contribution >= 0.6 is 34.7 Å². The molecule has 75 heavy (non-hydrogen) atoms. The number of aromatic nitrogens is 5. The number of nitrogens with two attached hydrogens (primary N) is 1. The number of nitrogens with zero attached hydrogens (tertiary/aromatic N) is 10. The average Bonchev–Trinajstić information content (AvgIpc) is 4.17. The van der Waals surface area contributed by atoms with E-state index in [0.29, 0.717) is 110 Å². The minimum absolute atomic E-state index is 0.0535. The van der Waals surface area contributed by atoms with E-state index < -0.39 is 18.1 Å². The average molecular weight is 1080 g/mol. The van der Waals surface area contributed by atoms with E-state index in [2.05, 4.69) is 54.2 Å². The number of benzene rings is 1. The quantitative estimate of drug-likeness (QED) is 0.0783. The molecule has 3 amide bonds. The Balaban J connectivity index is 0.792. The highest BCUT2D eigenvalue weighted by Gasteiger charge is 2.44. The van der Waals surface area contributed by atoms with Crippen molar-refractivity contribution in [2.75, 3.05) is 81.8 Å². The van der Waals surface area contributed by atoms with Crippen molar-refractivity contribution in [1.29, 1.82) is 0 Å². The molecular formula is C54H71ClN12O6S2. The Labute approximate surface area is 452 Å². The highest BCUT2D eigenvalue weighted by Crippen LogP contribution is 2.40. The predicted octanol–water partition coefficient (Wildman–Crippen LogP) is 6.47.